The molecule has 0 unspecified atom stereocenters. The van der Waals surface area contributed by atoms with Gasteiger partial charge >= 0.3 is 11.7 Å². The van der Waals surface area contributed by atoms with Crippen molar-refractivity contribution in [3.05, 3.63) is 81.9 Å². The molecule has 14 heteroatoms. The highest BCUT2D eigenvalue weighted by molar-refractivity contribution is 5.98. The van der Waals surface area contributed by atoms with E-state index in [0.717, 1.165) is 4.68 Å². The maximum atomic E-state index is 15.7. The van der Waals surface area contributed by atoms with Gasteiger partial charge in [0, 0.05) is 36.5 Å². The van der Waals surface area contributed by atoms with Crippen molar-refractivity contribution in [3.63, 3.8) is 0 Å². The number of carbonyl (C=O) groups excluding carboxylic acids is 1. The Kier molecular flexibility index (Phi) is 7.84. The summed E-state index contributed by atoms with van der Waals surface area (Å²) in [6, 6.07) is 9.30. The second-order valence-corrected chi connectivity index (χ2v) is 8.07. The van der Waals surface area contributed by atoms with E-state index in [9.17, 15) is 9.59 Å². The maximum Gasteiger partial charge on any atom is 0.349 e. The average Bonchev–Trinajstić information content (AvgIpc) is 3.29. The van der Waals surface area contributed by atoms with Gasteiger partial charge in [0.15, 0.2) is 23.2 Å². The van der Waals surface area contributed by atoms with Gasteiger partial charge in [0.05, 0.1) is 19.3 Å². The fourth-order valence-electron chi connectivity index (χ4n) is 3.77. The minimum absolute atomic E-state index is 0.0125. The van der Waals surface area contributed by atoms with E-state index in [4.69, 9.17) is 25.4 Å². The lowest BCUT2D eigenvalue weighted by Crippen LogP contribution is -2.18. The van der Waals surface area contributed by atoms with Crippen LogP contribution in [-0.4, -0.2) is 50.5 Å². The number of H-pyrrole nitrogens is 1. The third kappa shape index (κ3) is 5.84. The lowest BCUT2D eigenvalue weighted by Gasteiger charge is -2.21. The van der Waals surface area contributed by atoms with E-state index in [0.29, 0.717) is 18.0 Å². The van der Waals surface area contributed by atoms with Crippen LogP contribution in [-0.2, 0) is 4.79 Å². The van der Waals surface area contributed by atoms with E-state index in [1.807, 2.05) is 0 Å². The van der Waals surface area contributed by atoms with Gasteiger partial charge in [-0.3, -0.25) is 15.2 Å². The quantitative estimate of drug-likeness (QED) is 0.102. The Hall–Kier alpha value is -5.27. The predicted octanol–water partition coefficient (Wildman–Crippen LogP) is 2.31. The molecule has 0 aliphatic rings. The normalized spacial score (nSPS) is 11.5. The molecule has 0 spiro atoms. The van der Waals surface area contributed by atoms with E-state index in [1.165, 1.54) is 50.6 Å². The van der Waals surface area contributed by atoms with Crippen molar-refractivity contribution < 1.29 is 23.4 Å². The molecule has 1 atom stereocenters. The Labute approximate surface area is 221 Å². The molecule has 2 aromatic carbocycles. The number of ether oxygens (including phenoxy) is 3. The molecule has 0 saturated heterocycles. The number of hydrogen-bond donors (Lipinski definition) is 4. The van der Waals surface area contributed by atoms with Crippen LogP contribution in [0.2, 0.25) is 0 Å². The number of aromatic nitrogens is 5. The number of hydrogen-bond acceptors (Lipinski definition) is 10. The van der Waals surface area contributed by atoms with Gasteiger partial charge in [-0.1, -0.05) is 0 Å². The standard InChI is InChI=1S/C25H25FN8O5/c1-4-38-15-11-17(21(26)19(12-15)37-3)22(24-31-25(36)34(33-24)20-6-5-9-29-32-20)30-14-7-8-16(23(27)28)18(10-14)39-13(2)35/h5-12,22,30H,4H2,1-3H3,(H3,27,28)(H,31,33,36)/t22-/m0/s1. The Morgan fingerprint density at radius 3 is 2.69 bits per heavy atom. The van der Waals surface area contributed by atoms with Gasteiger partial charge in [-0.2, -0.15) is 9.78 Å². The number of nitrogen functional groups attached to an aromatic ring is 1. The van der Waals surface area contributed by atoms with E-state index in [-0.39, 0.29) is 40.1 Å². The Balaban J connectivity index is 1.88. The first-order valence-electron chi connectivity index (χ1n) is 11.6. The number of aromatic amines is 1. The topological polar surface area (TPSA) is 183 Å². The first-order chi connectivity index (χ1) is 18.7. The Morgan fingerprint density at radius 1 is 1.26 bits per heavy atom. The largest absolute Gasteiger partial charge is 0.494 e. The number of benzene rings is 2. The lowest BCUT2D eigenvalue weighted by molar-refractivity contribution is -0.131. The molecular formula is C25H25FN8O5. The fraction of sp³-hybridized carbons (Fsp3) is 0.200. The Morgan fingerprint density at radius 2 is 2.05 bits per heavy atom. The van der Waals surface area contributed by atoms with E-state index < -0.39 is 23.5 Å². The summed E-state index contributed by atoms with van der Waals surface area (Å²) in [5.74, 6) is -1.27. The van der Waals surface area contributed by atoms with Crippen LogP contribution in [0.1, 0.15) is 36.8 Å². The molecule has 0 amide bonds. The van der Waals surface area contributed by atoms with Crippen LogP contribution >= 0.6 is 0 Å². The fourth-order valence-corrected chi connectivity index (χ4v) is 3.77. The van der Waals surface area contributed by atoms with Gasteiger partial charge < -0.3 is 25.3 Å². The van der Waals surface area contributed by atoms with Crippen LogP contribution in [0.4, 0.5) is 10.1 Å². The first-order valence-corrected chi connectivity index (χ1v) is 11.6. The molecule has 2 aromatic heterocycles. The monoisotopic (exact) mass is 536 g/mol. The molecule has 0 saturated carbocycles. The highest BCUT2D eigenvalue weighted by Gasteiger charge is 2.27. The minimum atomic E-state index is -1.11. The number of nitrogens with zero attached hydrogens (tertiary/aromatic N) is 4. The number of amidine groups is 1. The number of halogens is 1. The molecule has 4 rings (SSSR count). The van der Waals surface area contributed by atoms with Gasteiger partial charge in [0.2, 0.25) is 0 Å². The molecule has 0 aliphatic carbocycles. The summed E-state index contributed by atoms with van der Waals surface area (Å²) in [5.41, 5.74) is 5.53. The number of nitrogens with two attached hydrogens (primary N) is 1. The van der Waals surface area contributed by atoms with E-state index in [2.05, 4.69) is 25.6 Å². The summed E-state index contributed by atoms with van der Waals surface area (Å²) in [7, 11) is 1.32. The number of esters is 1. The summed E-state index contributed by atoms with van der Waals surface area (Å²) >= 11 is 0. The zero-order valence-corrected chi connectivity index (χ0v) is 21.2. The summed E-state index contributed by atoms with van der Waals surface area (Å²) in [5, 5.41) is 22.9. The molecule has 13 nitrogen and oxygen atoms in total. The van der Waals surface area contributed by atoms with Crippen molar-refractivity contribution >= 4 is 17.5 Å². The van der Waals surface area contributed by atoms with Crippen LogP contribution < -0.4 is 31.0 Å². The molecule has 2 heterocycles. The lowest BCUT2D eigenvalue weighted by atomic mass is 10.0. The highest BCUT2D eigenvalue weighted by atomic mass is 19.1. The van der Waals surface area contributed by atoms with E-state index >= 15 is 4.39 Å². The van der Waals surface area contributed by atoms with Crippen molar-refractivity contribution in [2.75, 3.05) is 19.0 Å². The zero-order valence-electron chi connectivity index (χ0n) is 21.2. The summed E-state index contributed by atoms with van der Waals surface area (Å²) in [6.07, 6.45) is 1.44. The van der Waals surface area contributed by atoms with Crippen molar-refractivity contribution in [2.24, 2.45) is 5.73 Å². The molecule has 0 aliphatic heterocycles. The van der Waals surface area contributed by atoms with Gasteiger partial charge in [0.25, 0.3) is 0 Å². The van der Waals surface area contributed by atoms with Gasteiger partial charge in [-0.05, 0) is 37.3 Å². The molecule has 4 aromatic rings. The van der Waals surface area contributed by atoms with Crippen LogP contribution in [0.3, 0.4) is 0 Å². The number of methoxy groups -OCH3 is 1. The SMILES string of the molecule is CCOc1cc(OC)c(F)c([C@H](Nc2ccc(C(=N)N)c(OC(C)=O)c2)c2nn(-c3cccnn3)c(=O)[nH]2)c1. The van der Waals surface area contributed by atoms with Crippen molar-refractivity contribution in [1.82, 2.24) is 25.0 Å². The molecule has 0 bridgehead atoms. The Bertz CT molecular complexity index is 1570. The van der Waals surface area contributed by atoms with Gasteiger partial charge in [-0.15, -0.1) is 10.2 Å². The van der Waals surface area contributed by atoms with Crippen LogP contribution in [0.25, 0.3) is 5.82 Å². The van der Waals surface area contributed by atoms with Crippen molar-refractivity contribution in [1.29, 1.82) is 5.41 Å². The molecule has 202 valence electrons. The zero-order chi connectivity index (χ0) is 28.1. The van der Waals surface area contributed by atoms with Gasteiger partial charge in [0.1, 0.15) is 23.4 Å². The van der Waals surface area contributed by atoms with Crippen LogP contribution in [0.5, 0.6) is 17.2 Å². The van der Waals surface area contributed by atoms with Crippen molar-refractivity contribution in [2.45, 2.75) is 19.9 Å². The summed E-state index contributed by atoms with van der Waals surface area (Å²) in [6.45, 7) is 3.29. The number of carbonyl (C=O) groups is 1. The average molecular weight is 537 g/mol. The number of anilines is 1. The smallest absolute Gasteiger partial charge is 0.349 e. The first kappa shape index (κ1) is 26.8. The predicted molar refractivity (Wildman–Crippen MR) is 138 cm³/mol. The highest BCUT2D eigenvalue weighted by Crippen LogP contribution is 2.35. The summed E-state index contributed by atoms with van der Waals surface area (Å²) in [4.78, 5) is 27.1. The maximum absolute atomic E-state index is 15.7. The molecule has 0 radical (unpaired) electrons. The van der Waals surface area contributed by atoms with Crippen LogP contribution in [0.15, 0.2) is 53.5 Å². The minimum Gasteiger partial charge on any atom is -0.494 e. The second kappa shape index (κ2) is 11.4. The number of rotatable bonds is 10. The van der Waals surface area contributed by atoms with Crippen molar-refractivity contribution in [3.8, 4) is 23.1 Å². The second-order valence-electron chi connectivity index (χ2n) is 8.07. The third-order valence-electron chi connectivity index (χ3n) is 5.40. The van der Waals surface area contributed by atoms with E-state index in [1.54, 1.807) is 19.1 Å². The molecular weight excluding hydrogens is 511 g/mol. The molecule has 39 heavy (non-hydrogen) atoms. The summed E-state index contributed by atoms with van der Waals surface area (Å²) < 4.78 is 32.7. The third-order valence-corrected chi connectivity index (χ3v) is 5.40. The van der Waals surface area contributed by atoms with Crippen LogP contribution in [0, 0.1) is 11.2 Å². The number of nitrogens with one attached hydrogen (secondary N) is 3. The molecule has 0 fully saturated rings. The van der Waals surface area contributed by atoms with Gasteiger partial charge in [-0.25, -0.2) is 9.18 Å². The molecule has 5 N–H and O–H groups in total.